The highest BCUT2D eigenvalue weighted by molar-refractivity contribution is 6.30. The molecule has 3 aromatic carbocycles. The molecule has 2 aromatic heterocycles. The number of carbonyl (C=O) groups excluding carboxylic acids is 1. The van der Waals surface area contributed by atoms with E-state index in [9.17, 15) is 9.59 Å². The Morgan fingerprint density at radius 1 is 0.853 bits per heavy atom. The van der Waals surface area contributed by atoms with Crippen LogP contribution in [0.5, 0.6) is 0 Å². The molecule has 2 heterocycles. The van der Waals surface area contributed by atoms with Gasteiger partial charge in [-0.05, 0) is 41.5 Å². The highest BCUT2D eigenvalue weighted by Crippen LogP contribution is 2.35. The van der Waals surface area contributed by atoms with Crippen LogP contribution in [0.2, 0.25) is 5.02 Å². The zero-order chi connectivity index (χ0) is 23.7. The Morgan fingerprint density at radius 2 is 1.59 bits per heavy atom. The maximum Gasteiger partial charge on any atom is 0.337 e. The van der Waals surface area contributed by atoms with Crippen LogP contribution in [0, 0.1) is 0 Å². The molecule has 0 fully saturated rings. The standard InChI is InChI=1S/C28H19ClN2O3/c1-34-28(33)20-9-5-8-19(14-20)24-16-30-27(32)23-15-22(17-6-3-2-4-7-17)25(31-26(23)24)18-10-12-21(29)13-11-18/h2-16H,1H3,(H,30,32). The predicted molar refractivity (Wildman–Crippen MR) is 135 cm³/mol. The molecule has 0 saturated carbocycles. The zero-order valence-corrected chi connectivity index (χ0v) is 19.0. The van der Waals surface area contributed by atoms with Gasteiger partial charge in [-0.3, -0.25) is 4.79 Å². The van der Waals surface area contributed by atoms with Crippen molar-refractivity contribution in [2.75, 3.05) is 7.11 Å². The van der Waals surface area contributed by atoms with Gasteiger partial charge in [0, 0.05) is 27.9 Å². The number of rotatable bonds is 4. The Morgan fingerprint density at radius 3 is 2.32 bits per heavy atom. The number of aromatic amines is 1. The maximum absolute atomic E-state index is 12.9. The van der Waals surface area contributed by atoms with Crippen LogP contribution in [0.4, 0.5) is 0 Å². The fourth-order valence-electron chi connectivity index (χ4n) is 3.99. The molecule has 5 nitrogen and oxygen atoms in total. The van der Waals surface area contributed by atoms with Crippen molar-refractivity contribution >= 4 is 28.5 Å². The third kappa shape index (κ3) is 3.98. The van der Waals surface area contributed by atoms with Crippen LogP contribution in [0.15, 0.2) is 95.9 Å². The van der Waals surface area contributed by atoms with Crippen LogP contribution < -0.4 is 5.56 Å². The summed E-state index contributed by atoms with van der Waals surface area (Å²) in [5.74, 6) is -0.434. The van der Waals surface area contributed by atoms with Crippen LogP contribution >= 0.6 is 11.6 Å². The molecule has 0 aliphatic carbocycles. The van der Waals surface area contributed by atoms with Crippen LogP contribution in [0.25, 0.3) is 44.4 Å². The largest absolute Gasteiger partial charge is 0.465 e. The Labute approximate surface area is 200 Å². The number of H-pyrrole nitrogens is 1. The lowest BCUT2D eigenvalue weighted by atomic mass is 9.96. The van der Waals surface area contributed by atoms with E-state index in [0.717, 1.165) is 27.9 Å². The van der Waals surface area contributed by atoms with Gasteiger partial charge in [-0.15, -0.1) is 0 Å². The number of nitrogens with one attached hydrogen (secondary N) is 1. The Kier molecular flexibility index (Phi) is 5.70. The van der Waals surface area contributed by atoms with Crippen molar-refractivity contribution in [3.8, 4) is 33.5 Å². The van der Waals surface area contributed by atoms with E-state index in [1.807, 2.05) is 66.7 Å². The number of ether oxygens (including phenoxy) is 1. The average molecular weight is 467 g/mol. The number of pyridine rings is 2. The number of aromatic nitrogens is 2. The number of carbonyl (C=O) groups is 1. The van der Waals surface area contributed by atoms with Gasteiger partial charge in [-0.2, -0.15) is 0 Å². The van der Waals surface area contributed by atoms with Crippen LogP contribution in [-0.2, 0) is 4.74 Å². The van der Waals surface area contributed by atoms with Gasteiger partial charge in [-0.25, -0.2) is 9.78 Å². The van der Waals surface area contributed by atoms with Crippen molar-refractivity contribution in [1.82, 2.24) is 9.97 Å². The summed E-state index contributed by atoms with van der Waals surface area (Å²) < 4.78 is 4.86. The van der Waals surface area contributed by atoms with Crippen molar-refractivity contribution in [3.05, 3.63) is 112 Å². The van der Waals surface area contributed by atoms with E-state index in [-0.39, 0.29) is 5.56 Å². The second kappa shape index (κ2) is 8.96. The number of hydrogen-bond donors (Lipinski definition) is 1. The Bertz CT molecular complexity index is 1580. The summed E-state index contributed by atoms with van der Waals surface area (Å²) >= 11 is 6.13. The first-order valence-electron chi connectivity index (χ1n) is 10.6. The van der Waals surface area contributed by atoms with Crippen molar-refractivity contribution in [3.63, 3.8) is 0 Å². The monoisotopic (exact) mass is 466 g/mol. The predicted octanol–water partition coefficient (Wildman–Crippen LogP) is 6.36. The van der Waals surface area contributed by atoms with E-state index < -0.39 is 5.97 Å². The minimum absolute atomic E-state index is 0.241. The summed E-state index contributed by atoms with van der Waals surface area (Å²) in [7, 11) is 1.34. The van der Waals surface area contributed by atoms with Crippen molar-refractivity contribution < 1.29 is 9.53 Å². The van der Waals surface area contributed by atoms with Gasteiger partial charge in [0.2, 0.25) is 0 Å². The number of halogens is 1. The van der Waals surface area contributed by atoms with Gasteiger partial charge in [0.05, 0.1) is 29.3 Å². The molecule has 6 heteroatoms. The van der Waals surface area contributed by atoms with E-state index in [4.69, 9.17) is 21.3 Å². The summed E-state index contributed by atoms with van der Waals surface area (Å²) in [4.78, 5) is 32.8. The van der Waals surface area contributed by atoms with E-state index in [1.54, 1.807) is 24.4 Å². The molecule has 0 saturated heterocycles. The highest BCUT2D eigenvalue weighted by Gasteiger charge is 2.17. The SMILES string of the molecule is COC(=O)c1cccc(-c2c[nH]c(=O)c3cc(-c4ccccc4)c(-c4ccc(Cl)cc4)nc23)c1. The molecule has 0 aliphatic heterocycles. The molecule has 34 heavy (non-hydrogen) atoms. The maximum atomic E-state index is 12.9. The Balaban J connectivity index is 1.82. The molecule has 0 amide bonds. The second-order valence-corrected chi connectivity index (χ2v) is 8.19. The molecule has 0 radical (unpaired) electrons. The number of nitrogens with zero attached hydrogens (tertiary/aromatic N) is 1. The summed E-state index contributed by atoms with van der Waals surface area (Å²) in [6.07, 6.45) is 1.63. The van der Waals surface area contributed by atoms with E-state index in [2.05, 4.69) is 4.98 Å². The summed E-state index contributed by atoms with van der Waals surface area (Å²) in [6, 6.07) is 26.2. The molecular weight excluding hydrogens is 448 g/mol. The minimum Gasteiger partial charge on any atom is -0.465 e. The van der Waals surface area contributed by atoms with Crippen LogP contribution in [0.1, 0.15) is 10.4 Å². The first-order chi connectivity index (χ1) is 16.5. The number of hydrogen-bond acceptors (Lipinski definition) is 4. The van der Waals surface area contributed by atoms with Gasteiger partial charge in [0.1, 0.15) is 0 Å². The van der Waals surface area contributed by atoms with Crippen molar-refractivity contribution in [2.45, 2.75) is 0 Å². The summed E-state index contributed by atoms with van der Waals surface area (Å²) in [5, 5.41) is 1.08. The first-order valence-corrected chi connectivity index (χ1v) is 11.0. The van der Waals surface area contributed by atoms with Crippen molar-refractivity contribution in [2.24, 2.45) is 0 Å². The minimum atomic E-state index is -0.434. The third-order valence-corrected chi connectivity index (χ3v) is 5.92. The molecule has 166 valence electrons. The quantitative estimate of drug-likeness (QED) is 0.312. The summed E-state index contributed by atoms with van der Waals surface area (Å²) in [6.45, 7) is 0. The lowest BCUT2D eigenvalue weighted by Crippen LogP contribution is -2.08. The average Bonchev–Trinajstić information content (AvgIpc) is 2.89. The van der Waals surface area contributed by atoms with Crippen LogP contribution in [-0.4, -0.2) is 23.0 Å². The number of esters is 1. The normalized spacial score (nSPS) is 10.9. The van der Waals surface area contributed by atoms with Gasteiger partial charge >= 0.3 is 5.97 Å². The first kappa shape index (κ1) is 21.6. The lowest BCUT2D eigenvalue weighted by Gasteiger charge is -2.14. The molecule has 0 aliphatic rings. The molecule has 1 N–H and O–H groups in total. The zero-order valence-electron chi connectivity index (χ0n) is 18.2. The smallest absolute Gasteiger partial charge is 0.337 e. The van der Waals surface area contributed by atoms with E-state index in [0.29, 0.717) is 27.1 Å². The number of methoxy groups -OCH3 is 1. The molecule has 0 spiro atoms. The van der Waals surface area contributed by atoms with E-state index >= 15 is 0 Å². The van der Waals surface area contributed by atoms with Crippen LogP contribution in [0.3, 0.4) is 0 Å². The number of fused-ring (bicyclic) bond motifs is 1. The lowest BCUT2D eigenvalue weighted by molar-refractivity contribution is 0.0601. The van der Waals surface area contributed by atoms with Gasteiger partial charge in [0.15, 0.2) is 0 Å². The van der Waals surface area contributed by atoms with Gasteiger partial charge < -0.3 is 9.72 Å². The molecular formula is C28H19ClN2O3. The molecule has 0 atom stereocenters. The Hall–Kier alpha value is -4.22. The summed E-state index contributed by atoms with van der Waals surface area (Å²) in [5.41, 5.74) is 5.54. The fourth-order valence-corrected chi connectivity index (χ4v) is 4.12. The molecule has 0 unspecified atom stereocenters. The molecule has 0 bridgehead atoms. The fraction of sp³-hybridized carbons (Fsp3) is 0.0357. The van der Waals surface area contributed by atoms with Gasteiger partial charge in [0.25, 0.3) is 5.56 Å². The highest BCUT2D eigenvalue weighted by atomic mass is 35.5. The second-order valence-electron chi connectivity index (χ2n) is 7.76. The molecule has 5 rings (SSSR count). The molecule has 5 aromatic rings. The number of benzene rings is 3. The van der Waals surface area contributed by atoms with Crippen molar-refractivity contribution in [1.29, 1.82) is 0 Å². The third-order valence-electron chi connectivity index (χ3n) is 5.67. The topological polar surface area (TPSA) is 72.1 Å². The van der Waals surface area contributed by atoms with Gasteiger partial charge in [-0.1, -0.05) is 66.2 Å². The van der Waals surface area contributed by atoms with E-state index in [1.165, 1.54) is 7.11 Å².